The average Bonchev–Trinajstić information content (AvgIpc) is 2.84. The number of benzene rings is 1. The molecule has 0 aliphatic carbocycles. The summed E-state index contributed by atoms with van der Waals surface area (Å²) in [6, 6.07) is 9.51. The van der Waals surface area contributed by atoms with Crippen molar-refractivity contribution in [3.8, 4) is 5.69 Å². The summed E-state index contributed by atoms with van der Waals surface area (Å²) in [6.07, 6.45) is 0.775. The van der Waals surface area contributed by atoms with E-state index in [1.807, 2.05) is 30.3 Å². The van der Waals surface area contributed by atoms with E-state index < -0.39 is 0 Å². The minimum Gasteiger partial charge on any atom is -0.358 e. The molecule has 2 aromatic rings. The second-order valence-electron chi connectivity index (χ2n) is 4.72. The Morgan fingerprint density at radius 2 is 2.05 bits per heavy atom. The molecule has 6 nitrogen and oxygen atoms in total. The smallest absolute Gasteiger partial charge is 0.239 e. The fourth-order valence-corrected chi connectivity index (χ4v) is 2.15. The lowest BCUT2D eigenvalue weighted by atomic mass is 10.2. The fourth-order valence-electron chi connectivity index (χ4n) is 2.15. The van der Waals surface area contributed by atoms with Crippen LogP contribution >= 0.6 is 0 Å². The second-order valence-corrected chi connectivity index (χ2v) is 4.72. The number of nitrogens with zero attached hydrogens (tertiary/aromatic N) is 3. The molecule has 2 rings (SSSR count). The minimum atomic E-state index is -0.132. The number of anilines is 1. The number of amides is 1. The summed E-state index contributed by atoms with van der Waals surface area (Å²) in [4.78, 5) is 24.7. The first-order chi connectivity index (χ1) is 10.1. The van der Waals surface area contributed by atoms with Crippen molar-refractivity contribution >= 4 is 18.0 Å². The molecule has 1 aromatic carbocycles. The molecule has 0 saturated heterocycles. The van der Waals surface area contributed by atoms with Crippen LogP contribution in [0.2, 0.25) is 0 Å². The lowest BCUT2D eigenvalue weighted by molar-refractivity contribution is -0.119. The maximum Gasteiger partial charge on any atom is 0.239 e. The number of carbonyl (C=O) groups excluding carboxylic acids is 2. The molecule has 0 aliphatic rings. The number of aromatic nitrogens is 2. The molecule has 0 atom stereocenters. The van der Waals surface area contributed by atoms with Gasteiger partial charge in [0.25, 0.3) is 0 Å². The van der Waals surface area contributed by atoms with Gasteiger partial charge in [-0.05, 0) is 19.1 Å². The van der Waals surface area contributed by atoms with Gasteiger partial charge in [0, 0.05) is 14.1 Å². The van der Waals surface area contributed by atoms with E-state index >= 15 is 0 Å². The molecule has 110 valence electrons. The van der Waals surface area contributed by atoms with Gasteiger partial charge in [-0.1, -0.05) is 18.2 Å². The predicted molar refractivity (Wildman–Crippen MR) is 81.0 cm³/mol. The van der Waals surface area contributed by atoms with Gasteiger partial charge in [-0.25, -0.2) is 4.68 Å². The maximum absolute atomic E-state index is 11.6. The maximum atomic E-state index is 11.6. The third-order valence-electron chi connectivity index (χ3n) is 3.22. The molecular weight excluding hydrogens is 268 g/mol. The van der Waals surface area contributed by atoms with Crippen LogP contribution in [0.3, 0.4) is 0 Å². The molecule has 21 heavy (non-hydrogen) atoms. The Morgan fingerprint density at radius 1 is 1.38 bits per heavy atom. The molecule has 1 aromatic heterocycles. The standard InChI is InChI=1S/C15H18N4O2/c1-11-13(10-20)15(18(3)9-14(21)16-2)19(17-11)12-7-5-4-6-8-12/h4-8,10H,9H2,1-3H3,(H,16,21). The van der Waals surface area contributed by atoms with E-state index in [0.29, 0.717) is 17.1 Å². The van der Waals surface area contributed by atoms with E-state index in [2.05, 4.69) is 10.4 Å². The largest absolute Gasteiger partial charge is 0.358 e. The second kappa shape index (κ2) is 6.21. The molecule has 0 spiro atoms. The molecule has 0 bridgehead atoms. The van der Waals surface area contributed by atoms with E-state index in [-0.39, 0.29) is 12.5 Å². The number of hydrogen-bond acceptors (Lipinski definition) is 4. The summed E-state index contributed by atoms with van der Waals surface area (Å²) in [7, 11) is 3.34. The first-order valence-corrected chi connectivity index (χ1v) is 6.60. The van der Waals surface area contributed by atoms with Crippen molar-refractivity contribution in [3.63, 3.8) is 0 Å². The van der Waals surface area contributed by atoms with E-state index in [1.165, 1.54) is 0 Å². The quantitative estimate of drug-likeness (QED) is 0.838. The third kappa shape index (κ3) is 2.94. The molecule has 1 amide bonds. The topological polar surface area (TPSA) is 67.2 Å². The number of aldehydes is 1. The van der Waals surface area contributed by atoms with Crippen molar-refractivity contribution < 1.29 is 9.59 Å². The molecule has 1 N–H and O–H groups in total. The Hall–Kier alpha value is -2.63. The van der Waals surface area contributed by atoms with E-state index in [0.717, 1.165) is 12.0 Å². The van der Waals surface area contributed by atoms with E-state index in [9.17, 15) is 9.59 Å². The first kappa shape index (κ1) is 14.8. The first-order valence-electron chi connectivity index (χ1n) is 6.60. The van der Waals surface area contributed by atoms with Crippen LogP contribution in [0.4, 0.5) is 5.82 Å². The molecular formula is C15H18N4O2. The normalized spacial score (nSPS) is 10.2. The van der Waals surface area contributed by atoms with Gasteiger partial charge in [0.15, 0.2) is 6.29 Å². The lowest BCUT2D eigenvalue weighted by Crippen LogP contribution is -2.34. The lowest BCUT2D eigenvalue weighted by Gasteiger charge is -2.20. The number of rotatable bonds is 5. The van der Waals surface area contributed by atoms with Crippen LogP contribution in [0.15, 0.2) is 30.3 Å². The van der Waals surface area contributed by atoms with Crippen LogP contribution in [0, 0.1) is 6.92 Å². The van der Waals surface area contributed by atoms with Crippen molar-refractivity contribution in [2.24, 2.45) is 0 Å². The van der Waals surface area contributed by atoms with Gasteiger partial charge >= 0.3 is 0 Å². The van der Waals surface area contributed by atoms with Crippen LogP contribution in [0.5, 0.6) is 0 Å². The highest BCUT2D eigenvalue weighted by molar-refractivity contribution is 5.88. The van der Waals surface area contributed by atoms with Crippen molar-refractivity contribution in [1.29, 1.82) is 0 Å². The Balaban J connectivity index is 2.52. The predicted octanol–water partition coefficient (Wildman–Crippen LogP) is 1.18. The van der Waals surface area contributed by atoms with Crippen molar-refractivity contribution in [2.45, 2.75) is 6.92 Å². The van der Waals surface area contributed by atoms with Gasteiger partial charge < -0.3 is 10.2 Å². The zero-order valence-electron chi connectivity index (χ0n) is 12.3. The third-order valence-corrected chi connectivity index (χ3v) is 3.22. The number of aryl methyl sites for hydroxylation is 1. The van der Waals surface area contributed by atoms with Crippen LogP contribution in [0.25, 0.3) is 5.69 Å². The number of nitrogens with one attached hydrogen (secondary N) is 1. The minimum absolute atomic E-state index is 0.132. The number of hydrogen-bond donors (Lipinski definition) is 1. The van der Waals surface area contributed by atoms with Crippen molar-refractivity contribution in [2.75, 3.05) is 25.5 Å². The molecule has 0 unspecified atom stereocenters. The number of carbonyl (C=O) groups is 2. The van der Waals surface area contributed by atoms with Gasteiger partial charge in [-0.2, -0.15) is 5.10 Å². The zero-order valence-corrected chi connectivity index (χ0v) is 12.3. The summed E-state index contributed by atoms with van der Waals surface area (Å²) in [5, 5.41) is 6.99. The average molecular weight is 286 g/mol. The summed E-state index contributed by atoms with van der Waals surface area (Å²) in [5.41, 5.74) is 1.96. The van der Waals surface area contributed by atoms with E-state index in [4.69, 9.17) is 0 Å². The Kier molecular flexibility index (Phi) is 4.37. The summed E-state index contributed by atoms with van der Waals surface area (Å²) >= 11 is 0. The van der Waals surface area contributed by atoms with Crippen molar-refractivity contribution in [1.82, 2.24) is 15.1 Å². The number of para-hydroxylation sites is 1. The SMILES string of the molecule is CNC(=O)CN(C)c1c(C=O)c(C)nn1-c1ccccc1. The fraction of sp³-hybridized carbons (Fsp3) is 0.267. The molecule has 0 fully saturated rings. The van der Waals surface area contributed by atoms with Gasteiger partial charge in [0.05, 0.1) is 23.5 Å². The van der Waals surface area contributed by atoms with E-state index in [1.54, 1.807) is 30.6 Å². The highest BCUT2D eigenvalue weighted by Crippen LogP contribution is 2.25. The van der Waals surface area contributed by atoms with Gasteiger partial charge in [0.2, 0.25) is 5.91 Å². The Labute approximate surface area is 123 Å². The number of likely N-dealkylation sites (N-methyl/N-ethyl adjacent to an activating group) is 2. The molecule has 1 heterocycles. The Bertz CT molecular complexity index is 649. The van der Waals surface area contributed by atoms with Crippen LogP contribution in [-0.4, -0.2) is 42.6 Å². The van der Waals surface area contributed by atoms with Crippen LogP contribution < -0.4 is 10.2 Å². The summed E-state index contributed by atoms with van der Waals surface area (Å²) in [6.45, 7) is 1.93. The van der Waals surface area contributed by atoms with Gasteiger partial charge in [-0.15, -0.1) is 0 Å². The molecule has 0 saturated carbocycles. The van der Waals surface area contributed by atoms with Crippen LogP contribution in [0.1, 0.15) is 16.1 Å². The molecule has 0 radical (unpaired) electrons. The van der Waals surface area contributed by atoms with Crippen molar-refractivity contribution in [3.05, 3.63) is 41.6 Å². The van der Waals surface area contributed by atoms with Crippen LogP contribution in [-0.2, 0) is 4.79 Å². The molecule has 0 aliphatic heterocycles. The highest BCUT2D eigenvalue weighted by atomic mass is 16.2. The highest BCUT2D eigenvalue weighted by Gasteiger charge is 2.20. The Morgan fingerprint density at radius 3 is 2.62 bits per heavy atom. The summed E-state index contributed by atoms with van der Waals surface area (Å²) in [5.74, 6) is 0.477. The van der Waals surface area contributed by atoms with Gasteiger partial charge in [0.1, 0.15) is 5.82 Å². The molecule has 6 heteroatoms. The van der Waals surface area contributed by atoms with Gasteiger partial charge in [-0.3, -0.25) is 9.59 Å². The zero-order chi connectivity index (χ0) is 15.4. The monoisotopic (exact) mass is 286 g/mol. The summed E-state index contributed by atoms with van der Waals surface area (Å²) < 4.78 is 1.68.